The number of likely N-dealkylation sites (N-methyl/N-ethyl adjacent to an activating group) is 1. The van der Waals surface area contributed by atoms with E-state index in [-0.39, 0.29) is 5.92 Å². The Morgan fingerprint density at radius 3 is 3.10 bits per heavy atom. The van der Waals surface area contributed by atoms with Gasteiger partial charge in [0.25, 0.3) is 5.22 Å². The first-order valence-electron chi connectivity index (χ1n) is 7.12. The molecule has 1 saturated carbocycles. The van der Waals surface area contributed by atoms with E-state index in [1.165, 1.54) is 0 Å². The van der Waals surface area contributed by atoms with E-state index in [1.807, 2.05) is 13.8 Å². The zero-order chi connectivity index (χ0) is 14.6. The lowest BCUT2D eigenvalue weighted by molar-refractivity contribution is -0.146. The van der Waals surface area contributed by atoms with E-state index in [2.05, 4.69) is 10.3 Å². The Morgan fingerprint density at radius 1 is 1.70 bits per heavy atom. The quantitative estimate of drug-likeness (QED) is 0.754. The molecule has 1 aromatic rings. The van der Waals surface area contributed by atoms with Gasteiger partial charge in [-0.1, -0.05) is 25.1 Å². The molecule has 6 heteroatoms. The Kier molecular flexibility index (Phi) is 5.10. The van der Waals surface area contributed by atoms with Gasteiger partial charge >= 0.3 is 5.97 Å². The Morgan fingerprint density at radius 2 is 2.50 bits per heavy atom. The summed E-state index contributed by atoms with van der Waals surface area (Å²) in [7, 11) is 0. The summed E-state index contributed by atoms with van der Waals surface area (Å²) in [6, 6.07) is 0. The first-order valence-corrected chi connectivity index (χ1v) is 8.10. The molecule has 2 unspecified atom stereocenters. The largest absolute Gasteiger partial charge is 0.480 e. The first kappa shape index (κ1) is 15.4. The van der Waals surface area contributed by atoms with Crippen molar-refractivity contribution < 1.29 is 14.3 Å². The fourth-order valence-electron chi connectivity index (χ4n) is 3.06. The Bertz CT molecular complexity index is 463. The number of hydrogen-bond acceptors (Lipinski definition) is 5. The molecule has 112 valence electrons. The molecule has 2 atom stereocenters. The van der Waals surface area contributed by atoms with Gasteiger partial charge in [0, 0.05) is 5.75 Å². The number of rotatable bonds is 7. The van der Waals surface area contributed by atoms with Crippen LogP contribution in [0.1, 0.15) is 38.3 Å². The third kappa shape index (κ3) is 3.17. The Labute approximate surface area is 123 Å². The van der Waals surface area contributed by atoms with Gasteiger partial charge in [0.15, 0.2) is 0 Å². The predicted molar refractivity (Wildman–Crippen MR) is 78.0 cm³/mol. The van der Waals surface area contributed by atoms with Crippen molar-refractivity contribution in [2.24, 2.45) is 5.92 Å². The highest BCUT2D eigenvalue weighted by Gasteiger charge is 2.48. The Hall–Kier alpha value is -1.01. The topological polar surface area (TPSA) is 75.4 Å². The summed E-state index contributed by atoms with van der Waals surface area (Å²) in [6.07, 6.45) is 5.18. The van der Waals surface area contributed by atoms with E-state index in [4.69, 9.17) is 4.42 Å². The summed E-state index contributed by atoms with van der Waals surface area (Å²) in [5.41, 5.74) is 0.142. The van der Waals surface area contributed by atoms with E-state index in [9.17, 15) is 9.90 Å². The standard InChI is InChI=1S/C14H22N2O3S/c1-3-15-14(12(17)18)7-4-5-11(14)6-8-20-13-16-10(2)9-19-13/h9,11,15H,3-8H2,1-2H3,(H,17,18). The van der Waals surface area contributed by atoms with Gasteiger partial charge in [0.05, 0.1) is 5.69 Å². The van der Waals surface area contributed by atoms with Crippen LogP contribution >= 0.6 is 11.8 Å². The van der Waals surface area contributed by atoms with Crippen molar-refractivity contribution in [1.82, 2.24) is 10.3 Å². The number of oxazole rings is 1. The molecule has 20 heavy (non-hydrogen) atoms. The number of hydrogen-bond donors (Lipinski definition) is 2. The molecule has 1 fully saturated rings. The second-order valence-corrected chi connectivity index (χ2v) is 6.33. The number of aliphatic carboxylic acids is 1. The van der Waals surface area contributed by atoms with Gasteiger partial charge < -0.3 is 14.8 Å². The Balaban J connectivity index is 1.91. The molecule has 0 aromatic carbocycles. The number of aryl methyl sites for hydroxylation is 1. The van der Waals surface area contributed by atoms with Crippen molar-refractivity contribution in [2.75, 3.05) is 12.3 Å². The predicted octanol–water partition coefficient (Wildman–Crippen LogP) is 2.70. The average Bonchev–Trinajstić information content (AvgIpc) is 2.98. The summed E-state index contributed by atoms with van der Waals surface area (Å²) < 4.78 is 5.30. The summed E-state index contributed by atoms with van der Waals surface area (Å²) in [5, 5.41) is 13.5. The molecule has 0 bridgehead atoms. The van der Waals surface area contributed by atoms with Crippen molar-refractivity contribution in [3.8, 4) is 0 Å². The molecule has 0 saturated heterocycles. The van der Waals surface area contributed by atoms with Crippen molar-refractivity contribution in [3.63, 3.8) is 0 Å². The van der Waals surface area contributed by atoms with E-state index in [0.29, 0.717) is 11.8 Å². The minimum Gasteiger partial charge on any atom is -0.480 e. The normalized spacial score (nSPS) is 26.0. The van der Waals surface area contributed by atoms with Gasteiger partial charge in [0.1, 0.15) is 11.8 Å². The number of carbonyl (C=O) groups is 1. The molecule has 0 amide bonds. The third-order valence-electron chi connectivity index (χ3n) is 3.98. The molecule has 0 spiro atoms. The molecule has 2 rings (SSSR count). The van der Waals surface area contributed by atoms with Crippen LogP contribution in [0.5, 0.6) is 0 Å². The molecule has 1 aromatic heterocycles. The number of nitrogens with zero attached hydrogens (tertiary/aromatic N) is 1. The summed E-state index contributed by atoms with van der Waals surface area (Å²) in [6.45, 7) is 4.55. The highest BCUT2D eigenvalue weighted by molar-refractivity contribution is 7.99. The second kappa shape index (κ2) is 6.63. The molecule has 1 aliphatic rings. The molecule has 0 radical (unpaired) electrons. The molecule has 1 aliphatic carbocycles. The van der Waals surface area contributed by atoms with Gasteiger partial charge in [-0.3, -0.25) is 4.79 Å². The number of thioether (sulfide) groups is 1. The van der Waals surface area contributed by atoms with Gasteiger partial charge in [0.2, 0.25) is 0 Å². The van der Waals surface area contributed by atoms with Crippen LogP contribution < -0.4 is 5.32 Å². The molecule has 0 aliphatic heterocycles. The fourth-order valence-corrected chi connectivity index (χ4v) is 3.96. The fraction of sp³-hybridized carbons (Fsp3) is 0.714. The van der Waals surface area contributed by atoms with Crippen molar-refractivity contribution in [2.45, 2.75) is 50.3 Å². The van der Waals surface area contributed by atoms with Crippen molar-refractivity contribution in [1.29, 1.82) is 0 Å². The van der Waals surface area contributed by atoms with Crippen LogP contribution in [0.4, 0.5) is 0 Å². The van der Waals surface area contributed by atoms with E-state index < -0.39 is 11.5 Å². The number of aromatic nitrogens is 1. The molecular formula is C14H22N2O3S. The molecule has 1 heterocycles. The summed E-state index contributed by atoms with van der Waals surface area (Å²) >= 11 is 1.56. The molecule has 5 nitrogen and oxygen atoms in total. The third-order valence-corrected chi connectivity index (χ3v) is 4.86. The lowest BCUT2D eigenvalue weighted by Gasteiger charge is -2.32. The summed E-state index contributed by atoms with van der Waals surface area (Å²) in [4.78, 5) is 15.9. The van der Waals surface area contributed by atoms with Gasteiger partial charge in [-0.25, -0.2) is 4.98 Å². The monoisotopic (exact) mass is 298 g/mol. The zero-order valence-electron chi connectivity index (χ0n) is 12.0. The first-order chi connectivity index (χ1) is 9.58. The highest BCUT2D eigenvalue weighted by atomic mass is 32.2. The minimum atomic E-state index is -0.734. The van der Waals surface area contributed by atoms with Crippen LogP contribution in [-0.4, -0.2) is 33.9 Å². The highest BCUT2D eigenvalue weighted by Crippen LogP contribution is 2.39. The maximum absolute atomic E-state index is 11.7. The van der Waals surface area contributed by atoms with Crippen LogP contribution in [0, 0.1) is 12.8 Å². The molecule has 2 N–H and O–H groups in total. The minimum absolute atomic E-state index is 0.184. The zero-order valence-corrected chi connectivity index (χ0v) is 12.8. The van der Waals surface area contributed by atoms with Crippen LogP contribution in [0.3, 0.4) is 0 Å². The van der Waals surface area contributed by atoms with Crippen molar-refractivity contribution in [3.05, 3.63) is 12.0 Å². The maximum atomic E-state index is 11.7. The second-order valence-electron chi connectivity index (χ2n) is 5.29. The number of nitrogens with one attached hydrogen (secondary N) is 1. The van der Waals surface area contributed by atoms with Crippen LogP contribution in [0.15, 0.2) is 15.9 Å². The average molecular weight is 298 g/mol. The molecular weight excluding hydrogens is 276 g/mol. The van der Waals surface area contributed by atoms with E-state index in [0.717, 1.165) is 37.1 Å². The lowest BCUT2D eigenvalue weighted by Crippen LogP contribution is -2.54. The number of carboxylic acid groups (broad SMARTS) is 1. The van der Waals surface area contributed by atoms with Gasteiger partial charge in [-0.05, 0) is 38.6 Å². The van der Waals surface area contributed by atoms with Crippen LogP contribution in [0.2, 0.25) is 0 Å². The van der Waals surface area contributed by atoms with E-state index in [1.54, 1.807) is 18.0 Å². The maximum Gasteiger partial charge on any atom is 0.324 e. The van der Waals surface area contributed by atoms with Crippen LogP contribution in [-0.2, 0) is 4.79 Å². The van der Waals surface area contributed by atoms with Gasteiger partial charge in [-0.15, -0.1) is 0 Å². The lowest BCUT2D eigenvalue weighted by atomic mass is 9.85. The van der Waals surface area contributed by atoms with Crippen LogP contribution in [0.25, 0.3) is 0 Å². The SMILES string of the molecule is CCNC1(C(=O)O)CCCC1CCSc1nc(C)co1. The number of carboxylic acids is 1. The van der Waals surface area contributed by atoms with Crippen molar-refractivity contribution >= 4 is 17.7 Å². The smallest absolute Gasteiger partial charge is 0.324 e. The summed E-state index contributed by atoms with van der Waals surface area (Å²) in [5.74, 6) is 0.313. The van der Waals surface area contributed by atoms with E-state index >= 15 is 0 Å². The van der Waals surface area contributed by atoms with Gasteiger partial charge in [-0.2, -0.15) is 0 Å².